The minimum atomic E-state index is -1.37. The average molecular weight is 593 g/mol. The van der Waals surface area contributed by atoms with E-state index < -0.39 is 5.79 Å². The summed E-state index contributed by atoms with van der Waals surface area (Å²) in [5.41, 5.74) is 0. The van der Waals surface area contributed by atoms with Gasteiger partial charge in [0.15, 0.2) is 0 Å². The Morgan fingerprint density at radius 3 is 1.12 bits per heavy atom. The first kappa shape index (κ1) is 41.2. The maximum absolute atomic E-state index is 12.4. The number of carbonyl (C=O) groups is 1. The van der Waals surface area contributed by atoms with E-state index in [4.69, 9.17) is 4.74 Å². The highest BCUT2D eigenvalue weighted by atomic mass is 16.7. The molecule has 1 atom stereocenters. The van der Waals surface area contributed by atoms with E-state index in [0.717, 1.165) is 25.7 Å². The van der Waals surface area contributed by atoms with Gasteiger partial charge in [0, 0.05) is 19.3 Å². The monoisotopic (exact) mass is 593 g/mol. The van der Waals surface area contributed by atoms with Gasteiger partial charge in [-0.05, 0) is 12.8 Å². The van der Waals surface area contributed by atoms with Gasteiger partial charge in [0.05, 0.1) is 0 Å². The van der Waals surface area contributed by atoms with Gasteiger partial charge in [0.1, 0.15) is 0 Å². The molecule has 1 unspecified atom stereocenters. The fraction of sp³-hybridized carbons (Fsp3) is 0.923. The van der Waals surface area contributed by atoms with Crippen molar-refractivity contribution in [3.05, 3.63) is 12.7 Å². The molecule has 0 heterocycles. The molecule has 0 amide bonds. The second-order valence-corrected chi connectivity index (χ2v) is 13.3. The van der Waals surface area contributed by atoms with Crippen LogP contribution in [0.1, 0.15) is 226 Å². The Labute approximate surface area is 264 Å². The molecule has 42 heavy (non-hydrogen) atoms. The van der Waals surface area contributed by atoms with Crippen LogP contribution < -0.4 is 0 Å². The Balaban J connectivity index is 3.63. The summed E-state index contributed by atoms with van der Waals surface area (Å²) in [5, 5.41) is 10.9. The quantitative estimate of drug-likeness (QED) is 0.0344. The van der Waals surface area contributed by atoms with E-state index in [9.17, 15) is 9.90 Å². The summed E-state index contributed by atoms with van der Waals surface area (Å²) in [5.74, 6) is -1.62. The molecule has 0 radical (unpaired) electrons. The highest BCUT2D eigenvalue weighted by Crippen LogP contribution is 2.24. The molecule has 0 bridgehead atoms. The third-order valence-electron chi connectivity index (χ3n) is 8.92. The van der Waals surface area contributed by atoms with Gasteiger partial charge in [-0.15, -0.1) is 6.58 Å². The van der Waals surface area contributed by atoms with Crippen LogP contribution in [0.2, 0.25) is 0 Å². The number of rotatable bonds is 35. The largest absolute Gasteiger partial charge is 0.433 e. The number of aliphatic hydroxyl groups is 1. The molecular formula is C39H76O3. The molecule has 0 saturated carbocycles. The summed E-state index contributed by atoms with van der Waals surface area (Å²) in [7, 11) is 0. The third kappa shape index (κ3) is 30.6. The maximum Gasteiger partial charge on any atom is 0.308 e. The fourth-order valence-corrected chi connectivity index (χ4v) is 6.10. The zero-order valence-electron chi connectivity index (χ0n) is 28.9. The van der Waals surface area contributed by atoms with Crippen molar-refractivity contribution in [2.45, 2.75) is 232 Å². The molecule has 0 fully saturated rings. The molecular weight excluding hydrogens is 516 g/mol. The van der Waals surface area contributed by atoms with Crippen LogP contribution in [-0.4, -0.2) is 16.9 Å². The molecule has 1 N–H and O–H groups in total. The summed E-state index contributed by atoms with van der Waals surface area (Å²) >= 11 is 0. The van der Waals surface area contributed by atoms with E-state index in [1.165, 1.54) is 167 Å². The van der Waals surface area contributed by atoms with E-state index in [0.29, 0.717) is 19.3 Å². The number of esters is 1. The molecule has 0 aromatic rings. The Morgan fingerprint density at radius 1 is 0.524 bits per heavy atom. The predicted molar refractivity (Wildman–Crippen MR) is 185 cm³/mol. The molecule has 0 aromatic heterocycles. The van der Waals surface area contributed by atoms with Gasteiger partial charge in [-0.1, -0.05) is 200 Å². The first-order valence-corrected chi connectivity index (χ1v) is 19.1. The number of hydrogen-bond donors (Lipinski definition) is 1. The molecule has 0 aliphatic rings. The van der Waals surface area contributed by atoms with Crippen LogP contribution in [0.25, 0.3) is 0 Å². The van der Waals surface area contributed by atoms with Crippen molar-refractivity contribution < 1.29 is 14.6 Å². The average Bonchev–Trinajstić information content (AvgIpc) is 2.97. The van der Waals surface area contributed by atoms with Crippen LogP contribution in [0.3, 0.4) is 0 Å². The van der Waals surface area contributed by atoms with Gasteiger partial charge in [0.2, 0.25) is 5.79 Å². The van der Waals surface area contributed by atoms with Crippen LogP contribution in [0.4, 0.5) is 0 Å². The van der Waals surface area contributed by atoms with Crippen LogP contribution in [0.15, 0.2) is 12.7 Å². The minimum absolute atomic E-state index is 0.255. The second-order valence-electron chi connectivity index (χ2n) is 13.3. The van der Waals surface area contributed by atoms with Gasteiger partial charge in [-0.25, -0.2) is 0 Å². The number of unbranched alkanes of at least 4 members (excludes halogenated alkanes) is 28. The van der Waals surface area contributed by atoms with Gasteiger partial charge in [-0.3, -0.25) is 4.79 Å². The first-order chi connectivity index (χ1) is 20.6. The SMILES string of the molecule is C=CCC(O)(CCCCCCCCCCCCCCCCC)OC(=O)CCCCCCCCCCCCCCCCC. The molecule has 0 aromatic carbocycles. The molecule has 0 rings (SSSR count). The summed E-state index contributed by atoms with van der Waals surface area (Å²) < 4.78 is 5.56. The van der Waals surface area contributed by atoms with Crippen molar-refractivity contribution in [2.75, 3.05) is 0 Å². The third-order valence-corrected chi connectivity index (χ3v) is 8.92. The van der Waals surface area contributed by atoms with Crippen LogP contribution in [0, 0.1) is 0 Å². The lowest BCUT2D eigenvalue weighted by molar-refractivity contribution is -0.211. The molecule has 0 aliphatic heterocycles. The second kappa shape index (κ2) is 33.1. The van der Waals surface area contributed by atoms with Crippen molar-refractivity contribution in [1.29, 1.82) is 0 Å². The Bertz CT molecular complexity index is 560. The van der Waals surface area contributed by atoms with E-state index >= 15 is 0 Å². The number of hydrogen-bond acceptors (Lipinski definition) is 3. The molecule has 0 saturated heterocycles. The predicted octanol–water partition coefficient (Wildman–Crippen LogP) is 13.3. The van der Waals surface area contributed by atoms with Gasteiger partial charge in [0.25, 0.3) is 0 Å². The lowest BCUT2D eigenvalue weighted by Crippen LogP contribution is -2.34. The highest BCUT2D eigenvalue weighted by molar-refractivity contribution is 5.69. The zero-order chi connectivity index (χ0) is 30.8. The van der Waals surface area contributed by atoms with Crippen molar-refractivity contribution in [2.24, 2.45) is 0 Å². The standard InChI is InChI=1S/C39H76O3/c1-4-7-9-11-13-15-17-19-21-23-25-27-29-31-33-35-38(40)42-39(41,36-6-3)37-34-32-30-28-26-24-22-20-18-16-14-12-10-8-5-2/h6,41H,3-5,7-37H2,1-2H3. The summed E-state index contributed by atoms with van der Waals surface area (Å²) in [6.07, 6.45) is 42.3. The maximum atomic E-state index is 12.4. The van der Waals surface area contributed by atoms with Crippen LogP contribution >= 0.6 is 0 Å². The highest BCUT2D eigenvalue weighted by Gasteiger charge is 2.29. The van der Waals surface area contributed by atoms with Gasteiger partial charge < -0.3 is 9.84 Å². The summed E-state index contributed by atoms with van der Waals surface area (Å²) in [6.45, 7) is 8.33. The lowest BCUT2D eigenvalue weighted by Gasteiger charge is -2.27. The van der Waals surface area contributed by atoms with Crippen molar-refractivity contribution in [1.82, 2.24) is 0 Å². The molecule has 0 spiro atoms. The lowest BCUT2D eigenvalue weighted by atomic mass is 10.0. The number of carbonyl (C=O) groups excluding carboxylic acids is 1. The van der Waals surface area contributed by atoms with Crippen LogP contribution in [-0.2, 0) is 9.53 Å². The number of ether oxygens (including phenoxy) is 1. The fourth-order valence-electron chi connectivity index (χ4n) is 6.10. The molecule has 3 nitrogen and oxygen atoms in total. The molecule has 3 heteroatoms. The van der Waals surface area contributed by atoms with Gasteiger partial charge in [-0.2, -0.15) is 0 Å². The van der Waals surface area contributed by atoms with E-state index in [1.807, 2.05) is 0 Å². The van der Waals surface area contributed by atoms with E-state index in [1.54, 1.807) is 6.08 Å². The van der Waals surface area contributed by atoms with Crippen LogP contribution in [0.5, 0.6) is 0 Å². The van der Waals surface area contributed by atoms with Crippen molar-refractivity contribution in [3.8, 4) is 0 Å². The van der Waals surface area contributed by atoms with E-state index in [-0.39, 0.29) is 5.97 Å². The molecule has 250 valence electrons. The Morgan fingerprint density at radius 2 is 0.810 bits per heavy atom. The zero-order valence-corrected chi connectivity index (χ0v) is 28.9. The summed E-state index contributed by atoms with van der Waals surface area (Å²) in [6, 6.07) is 0. The van der Waals surface area contributed by atoms with E-state index in [2.05, 4.69) is 20.4 Å². The Hall–Kier alpha value is -0.830. The Kier molecular flexibility index (Phi) is 32.4. The molecule has 0 aliphatic carbocycles. The van der Waals surface area contributed by atoms with Crippen molar-refractivity contribution >= 4 is 5.97 Å². The summed E-state index contributed by atoms with van der Waals surface area (Å²) in [4.78, 5) is 12.4. The topological polar surface area (TPSA) is 46.5 Å². The van der Waals surface area contributed by atoms with Gasteiger partial charge >= 0.3 is 5.97 Å². The van der Waals surface area contributed by atoms with Crippen molar-refractivity contribution in [3.63, 3.8) is 0 Å². The smallest absolute Gasteiger partial charge is 0.308 e. The first-order valence-electron chi connectivity index (χ1n) is 19.1. The minimum Gasteiger partial charge on any atom is -0.433 e. The normalized spacial score (nSPS) is 12.8.